The van der Waals surface area contributed by atoms with Gasteiger partial charge >= 0.3 is 35.5 Å². The molecule has 0 saturated heterocycles. The van der Waals surface area contributed by atoms with Crippen LogP contribution in [0.15, 0.2) is 22.6 Å². The Bertz CT molecular complexity index is 331. The molecule has 0 radical (unpaired) electrons. The molecule has 0 atom stereocenters. The number of rotatable bonds is 3. The third-order valence-corrected chi connectivity index (χ3v) is 1.44. The molecule has 14 heavy (non-hydrogen) atoms. The molecule has 1 heterocycles. The molecule has 0 aliphatic carbocycles. The van der Waals surface area contributed by atoms with E-state index < -0.39 is 5.97 Å². The molecule has 0 amide bonds. The fourth-order valence-electron chi connectivity index (χ4n) is 0.826. The Morgan fingerprint density at radius 3 is 2.57 bits per heavy atom. The summed E-state index contributed by atoms with van der Waals surface area (Å²) >= 11 is 0. The zero-order valence-electron chi connectivity index (χ0n) is 8.52. The summed E-state index contributed by atoms with van der Waals surface area (Å²) in [6.07, 6.45) is 2.45. The third kappa shape index (κ3) is 4.00. The van der Waals surface area contributed by atoms with Crippen molar-refractivity contribution in [1.29, 1.82) is 0 Å². The summed E-state index contributed by atoms with van der Waals surface area (Å²) in [6, 6.07) is 3.50. The second-order valence-electron chi connectivity index (χ2n) is 2.74. The van der Waals surface area contributed by atoms with Gasteiger partial charge in [-0.3, -0.25) is 0 Å². The first-order valence-electron chi connectivity index (χ1n) is 3.78. The fraction of sp³-hybridized carbons (Fsp3) is 0.222. The van der Waals surface area contributed by atoms with E-state index in [0.29, 0.717) is 11.6 Å². The van der Waals surface area contributed by atoms with E-state index in [2.05, 4.69) is 0 Å². The van der Waals surface area contributed by atoms with Crippen LogP contribution in [0.1, 0.15) is 5.76 Å². The van der Waals surface area contributed by atoms with Crippen molar-refractivity contribution >= 4 is 17.9 Å². The number of aliphatic carboxylic acids is 1. The van der Waals surface area contributed by atoms with Crippen LogP contribution in [0.2, 0.25) is 0 Å². The first kappa shape index (κ1) is 13.3. The summed E-state index contributed by atoms with van der Waals surface area (Å²) in [4.78, 5) is 12.0. The number of carbonyl (C=O) groups is 1. The average molecular weight is 204 g/mol. The predicted molar refractivity (Wildman–Crippen MR) is 49.7 cm³/mol. The first-order valence-corrected chi connectivity index (χ1v) is 3.78. The van der Waals surface area contributed by atoms with Crippen molar-refractivity contribution in [3.05, 3.63) is 24.0 Å². The van der Waals surface area contributed by atoms with Crippen molar-refractivity contribution in [3.63, 3.8) is 0 Å². The van der Waals surface area contributed by atoms with E-state index in [-0.39, 0.29) is 29.6 Å². The van der Waals surface area contributed by atoms with Gasteiger partial charge in [-0.25, -0.2) is 4.79 Å². The van der Waals surface area contributed by atoms with Gasteiger partial charge in [-0.2, -0.15) is 0 Å². The van der Waals surface area contributed by atoms with Gasteiger partial charge in [-0.1, -0.05) is 0 Å². The summed E-state index contributed by atoms with van der Waals surface area (Å²) in [7, 11) is 3.70. The Balaban J connectivity index is 0.00000169. The van der Waals surface area contributed by atoms with Crippen LogP contribution < -0.4 is 34.5 Å². The maximum absolute atomic E-state index is 10.2. The summed E-state index contributed by atoms with van der Waals surface area (Å²) in [5.41, 5.74) is 0. The Labute approximate surface area is 104 Å². The Hall–Kier alpha value is -0.710. The Morgan fingerprint density at radius 1 is 1.50 bits per heavy atom. The molecule has 1 N–H and O–H groups in total. The summed E-state index contributed by atoms with van der Waals surface area (Å²) in [6.45, 7) is 0. The van der Waals surface area contributed by atoms with E-state index in [9.17, 15) is 4.79 Å². The molecule has 0 aromatic carbocycles. The summed E-state index contributed by atoms with van der Waals surface area (Å²) in [5, 5.41) is 8.35. The molecule has 0 unspecified atom stereocenters. The molecule has 0 fully saturated rings. The Kier molecular flexibility index (Phi) is 5.60. The molecule has 0 aliphatic heterocycles. The minimum atomic E-state index is -0.984. The predicted octanol–water partition coefficient (Wildman–Crippen LogP) is -1.55. The summed E-state index contributed by atoms with van der Waals surface area (Å²) < 4.78 is 5.27. The van der Waals surface area contributed by atoms with Crippen LogP contribution in [0.25, 0.3) is 6.08 Å². The van der Waals surface area contributed by atoms with Crippen molar-refractivity contribution in [1.82, 2.24) is 0 Å². The average Bonchev–Trinajstić information content (AvgIpc) is 2.48. The SMILES string of the molecule is CN(C)c1ccc(/C=C/C(=O)O)o1.[Na+]. The number of anilines is 1. The molecule has 1 aromatic heterocycles. The molecule has 1 aromatic rings. The zero-order valence-corrected chi connectivity index (χ0v) is 10.5. The van der Waals surface area contributed by atoms with Crippen molar-refractivity contribution in [3.8, 4) is 0 Å². The molecule has 0 spiro atoms. The van der Waals surface area contributed by atoms with Crippen LogP contribution >= 0.6 is 0 Å². The number of hydrogen-bond donors (Lipinski definition) is 1. The van der Waals surface area contributed by atoms with E-state index in [0.717, 1.165) is 6.08 Å². The minimum absolute atomic E-state index is 0. The number of carboxylic acid groups (broad SMARTS) is 1. The maximum atomic E-state index is 10.2. The van der Waals surface area contributed by atoms with Crippen LogP contribution in [0.3, 0.4) is 0 Å². The van der Waals surface area contributed by atoms with E-state index in [1.807, 2.05) is 14.1 Å². The fourth-order valence-corrected chi connectivity index (χ4v) is 0.826. The molecular weight excluding hydrogens is 193 g/mol. The van der Waals surface area contributed by atoms with Gasteiger partial charge in [0.25, 0.3) is 0 Å². The molecule has 4 nitrogen and oxygen atoms in total. The molecule has 1 rings (SSSR count). The van der Waals surface area contributed by atoms with Crippen LogP contribution in [0, 0.1) is 0 Å². The van der Waals surface area contributed by atoms with Gasteiger partial charge < -0.3 is 14.4 Å². The number of hydrogen-bond acceptors (Lipinski definition) is 3. The van der Waals surface area contributed by atoms with Crippen LogP contribution in [0.5, 0.6) is 0 Å². The van der Waals surface area contributed by atoms with Crippen molar-refractivity contribution < 1.29 is 43.9 Å². The molecule has 0 saturated carbocycles. The van der Waals surface area contributed by atoms with Gasteiger partial charge in [-0.15, -0.1) is 0 Å². The van der Waals surface area contributed by atoms with Gasteiger partial charge in [0.1, 0.15) is 5.76 Å². The van der Waals surface area contributed by atoms with E-state index >= 15 is 0 Å². The van der Waals surface area contributed by atoms with E-state index in [1.165, 1.54) is 6.08 Å². The van der Waals surface area contributed by atoms with Crippen molar-refractivity contribution in [2.75, 3.05) is 19.0 Å². The first-order chi connectivity index (χ1) is 6.09. The smallest absolute Gasteiger partial charge is 0.478 e. The minimum Gasteiger partial charge on any atom is -0.478 e. The second-order valence-corrected chi connectivity index (χ2v) is 2.74. The molecular formula is C9H11NNaO3+. The number of nitrogens with zero attached hydrogens (tertiary/aromatic N) is 1. The van der Waals surface area contributed by atoms with Crippen LogP contribution in [-0.2, 0) is 4.79 Å². The van der Waals surface area contributed by atoms with Gasteiger partial charge in [0.15, 0.2) is 5.88 Å². The molecule has 5 heteroatoms. The third-order valence-electron chi connectivity index (χ3n) is 1.44. The van der Waals surface area contributed by atoms with Crippen molar-refractivity contribution in [2.45, 2.75) is 0 Å². The number of carboxylic acids is 1. The van der Waals surface area contributed by atoms with Crippen LogP contribution in [-0.4, -0.2) is 25.2 Å². The largest absolute Gasteiger partial charge is 1.00 e. The zero-order chi connectivity index (χ0) is 9.84. The van der Waals surface area contributed by atoms with Gasteiger partial charge in [0.2, 0.25) is 0 Å². The standard InChI is InChI=1S/C9H11NO3.Na/c1-10(2)8-5-3-7(13-8)4-6-9(11)12;/h3-6H,1-2H3,(H,11,12);/q;+1/b6-4+;. The molecule has 70 valence electrons. The topological polar surface area (TPSA) is 53.7 Å². The molecule has 0 aliphatic rings. The molecule has 0 bridgehead atoms. The van der Waals surface area contributed by atoms with Gasteiger partial charge in [-0.05, 0) is 12.1 Å². The van der Waals surface area contributed by atoms with E-state index in [1.54, 1.807) is 17.0 Å². The monoisotopic (exact) mass is 204 g/mol. The van der Waals surface area contributed by atoms with Crippen LogP contribution in [0.4, 0.5) is 5.88 Å². The maximum Gasteiger partial charge on any atom is 1.00 e. The summed E-state index contributed by atoms with van der Waals surface area (Å²) in [5.74, 6) is 0.249. The Morgan fingerprint density at radius 2 is 2.14 bits per heavy atom. The quantitative estimate of drug-likeness (QED) is 0.478. The normalized spacial score (nSPS) is 9.86. The second kappa shape index (κ2) is 5.90. The van der Waals surface area contributed by atoms with E-state index in [4.69, 9.17) is 9.52 Å². The number of furan rings is 1. The van der Waals surface area contributed by atoms with Crippen molar-refractivity contribution in [2.24, 2.45) is 0 Å². The van der Waals surface area contributed by atoms with Gasteiger partial charge in [0.05, 0.1) is 0 Å². The van der Waals surface area contributed by atoms with Gasteiger partial charge in [0, 0.05) is 26.2 Å².